The zero-order chi connectivity index (χ0) is 14.1. The van der Waals surface area contributed by atoms with Gasteiger partial charge in [0.05, 0.1) is 5.69 Å². The van der Waals surface area contributed by atoms with Gasteiger partial charge >= 0.3 is 0 Å². The molecular weight excluding hydrogens is 272 g/mol. The first-order valence-electron chi connectivity index (χ1n) is 6.89. The molecule has 0 spiro atoms. The molecule has 20 heavy (non-hydrogen) atoms. The lowest BCUT2D eigenvalue weighted by Gasteiger charge is -2.11. The van der Waals surface area contributed by atoms with Crippen molar-refractivity contribution in [2.75, 3.05) is 11.9 Å². The third-order valence-electron chi connectivity index (χ3n) is 3.19. The number of nitrogens with one attached hydrogen (secondary N) is 1. The third-order valence-corrected chi connectivity index (χ3v) is 4.14. The Morgan fingerprint density at radius 1 is 1.30 bits per heavy atom. The molecule has 1 saturated carbocycles. The van der Waals surface area contributed by atoms with Crippen LogP contribution >= 0.6 is 11.8 Å². The molecule has 1 aliphatic carbocycles. The van der Waals surface area contributed by atoms with Gasteiger partial charge in [-0.05, 0) is 45.4 Å². The van der Waals surface area contributed by atoms with Crippen molar-refractivity contribution in [1.82, 2.24) is 15.0 Å². The average molecular weight is 290 g/mol. The maximum atomic E-state index is 5.41. The maximum absolute atomic E-state index is 5.41. The standard InChI is InChI=1S/C14H18N4OS/c1-4-15-11-9(3)13(18-12(17-11)10-5-6-10)20-14-16-8(2)7-19-14/h7,10H,4-6H2,1-3H3,(H,15,17,18). The molecule has 3 rings (SSSR count). The van der Waals surface area contributed by atoms with E-state index < -0.39 is 0 Å². The van der Waals surface area contributed by atoms with Gasteiger partial charge in [-0.1, -0.05) is 0 Å². The van der Waals surface area contributed by atoms with Gasteiger partial charge in [-0.15, -0.1) is 0 Å². The monoisotopic (exact) mass is 290 g/mol. The van der Waals surface area contributed by atoms with Crippen LogP contribution in [0.1, 0.15) is 42.8 Å². The lowest BCUT2D eigenvalue weighted by molar-refractivity contribution is 0.453. The van der Waals surface area contributed by atoms with Crippen LogP contribution in [0, 0.1) is 13.8 Å². The molecule has 2 aromatic heterocycles. The van der Waals surface area contributed by atoms with Crippen LogP contribution in [0.5, 0.6) is 0 Å². The van der Waals surface area contributed by atoms with Crippen LogP contribution in [0.4, 0.5) is 5.82 Å². The lowest BCUT2D eigenvalue weighted by Crippen LogP contribution is -2.07. The van der Waals surface area contributed by atoms with E-state index in [1.54, 1.807) is 6.26 Å². The van der Waals surface area contributed by atoms with Gasteiger partial charge < -0.3 is 9.73 Å². The molecule has 0 atom stereocenters. The molecule has 0 aromatic carbocycles. The Labute approximate surface area is 122 Å². The van der Waals surface area contributed by atoms with Crippen molar-refractivity contribution >= 4 is 17.6 Å². The van der Waals surface area contributed by atoms with Crippen molar-refractivity contribution < 1.29 is 4.42 Å². The minimum Gasteiger partial charge on any atom is -0.439 e. The van der Waals surface area contributed by atoms with Gasteiger partial charge in [0, 0.05) is 18.0 Å². The van der Waals surface area contributed by atoms with Crippen LogP contribution in [-0.2, 0) is 0 Å². The molecule has 1 aliphatic rings. The number of rotatable bonds is 5. The summed E-state index contributed by atoms with van der Waals surface area (Å²) in [6.07, 6.45) is 4.04. The molecule has 2 aromatic rings. The van der Waals surface area contributed by atoms with Crippen LogP contribution in [0.15, 0.2) is 20.9 Å². The normalized spacial score (nSPS) is 14.6. The Morgan fingerprint density at radius 2 is 2.10 bits per heavy atom. The van der Waals surface area contributed by atoms with Gasteiger partial charge in [-0.3, -0.25) is 0 Å². The quantitative estimate of drug-likeness (QED) is 0.850. The van der Waals surface area contributed by atoms with Crippen molar-refractivity contribution in [3.63, 3.8) is 0 Å². The summed E-state index contributed by atoms with van der Waals surface area (Å²) in [5.74, 6) is 2.39. The summed E-state index contributed by atoms with van der Waals surface area (Å²) < 4.78 is 5.41. The summed E-state index contributed by atoms with van der Waals surface area (Å²) in [7, 11) is 0. The van der Waals surface area contributed by atoms with Gasteiger partial charge in [0.15, 0.2) is 0 Å². The average Bonchev–Trinajstić information content (AvgIpc) is 3.19. The van der Waals surface area contributed by atoms with E-state index in [1.807, 2.05) is 13.8 Å². The number of hydrogen-bond acceptors (Lipinski definition) is 6. The molecule has 1 N–H and O–H groups in total. The van der Waals surface area contributed by atoms with Crippen molar-refractivity contribution in [3.05, 3.63) is 23.3 Å². The zero-order valence-electron chi connectivity index (χ0n) is 11.9. The molecule has 2 heterocycles. The fraction of sp³-hybridized carbons (Fsp3) is 0.500. The second-order valence-corrected chi connectivity index (χ2v) is 5.96. The lowest BCUT2D eigenvalue weighted by atomic mass is 10.3. The first kappa shape index (κ1) is 13.4. The molecule has 1 fully saturated rings. The topological polar surface area (TPSA) is 63.8 Å². The fourth-order valence-electron chi connectivity index (χ4n) is 1.94. The van der Waals surface area contributed by atoms with E-state index >= 15 is 0 Å². The van der Waals surface area contributed by atoms with Gasteiger partial charge in [0.25, 0.3) is 5.22 Å². The first-order chi connectivity index (χ1) is 9.67. The predicted octanol–water partition coefficient (Wildman–Crippen LogP) is 3.54. The highest BCUT2D eigenvalue weighted by molar-refractivity contribution is 7.99. The molecule has 0 radical (unpaired) electrons. The summed E-state index contributed by atoms with van der Waals surface area (Å²) in [5, 5.41) is 4.88. The highest BCUT2D eigenvalue weighted by atomic mass is 32.2. The van der Waals surface area contributed by atoms with Crippen molar-refractivity contribution in [3.8, 4) is 0 Å². The Hall–Kier alpha value is -1.56. The van der Waals surface area contributed by atoms with Crippen molar-refractivity contribution in [2.24, 2.45) is 0 Å². The molecule has 106 valence electrons. The SMILES string of the molecule is CCNc1nc(C2CC2)nc(Sc2nc(C)co2)c1C. The van der Waals surface area contributed by atoms with E-state index in [9.17, 15) is 0 Å². The van der Waals surface area contributed by atoms with E-state index in [0.29, 0.717) is 11.1 Å². The predicted molar refractivity (Wildman–Crippen MR) is 78.3 cm³/mol. The summed E-state index contributed by atoms with van der Waals surface area (Å²) in [6.45, 7) is 6.87. The van der Waals surface area contributed by atoms with Crippen molar-refractivity contribution in [1.29, 1.82) is 0 Å². The summed E-state index contributed by atoms with van der Waals surface area (Å²) in [5.41, 5.74) is 1.94. The number of anilines is 1. The Kier molecular flexibility index (Phi) is 3.65. The number of hydrogen-bond donors (Lipinski definition) is 1. The molecule has 6 heteroatoms. The molecular formula is C14H18N4OS. The van der Waals surface area contributed by atoms with Crippen LogP contribution in [0.25, 0.3) is 0 Å². The van der Waals surface area contributed by atoms with E-state index in [-0.39, 0.29) is 0 Å². The van der Waals surface area contributed by atoms with Gasteiger partial charge in [0.1, 0.15) is 22.9 Å². The van der Waals surface area contributed by atoms with E-state index in [1.165, 1.54) is 24.6 Å². The van der Waals surface area contributed by atoms with E-state index in [2.05, 4.69) is 22.2 Å². The second kappa shape index (κ2) is 5.44. The second-order valence-electron chi connectivity index (χ2n) is 5.02. The smallest absolute Gasteiger partial charge is 0.262 e. The van der Waals surface area contributed by atoms with Crippen LogP contribution < -0.4 is 5.32 Å². The van der Waals surface area contributed by atoms with E-state index in [4.69, 9.17) is 9.40 Å². The molecule has 0 bridgehead atoms. The van der Waals surface area contributed by atoms with Gasteiger partial charge in [-0.25, -0.2) is 15.0 Å². The zero-order valence-corrected chi connectivity index (χ0v) is 12.8. The highest BCUT2D eigenvalue weighted by Gasteiger charge is 2.28. The largest absolute Gasteiger partial charge is 0.439 e. The highest BCUT2D eigenvalue weighted by Crippen LogP contribution is 2.40. The summed E-state index contributed by atoms with van der Waals surface area (Å²) in [4.78, 5) is 13.7. The van der Waals surface area contributed by atoms with E-state index in [0.717, 1.165) is 34.5 Å². The molecule has 0 amide bonds. The molecule has 0 unspecified atom stereocenters. The summed E-state index contributed by atoms with van der Waals surface area (Å²) >= 11 is 1.47. The van der Waals surface area contributed by atoms with Gasteiger partial charge in [-0.2, -0.15) is 0 Å². The summed E-state index contributed by atoms with van der Waals surface area (Å²) in [6, 6.07) is 0. The minimum absolute atomic E-state index is 0.527. The Balaban J connectivity index is 1.94. The molecule has 0 saturated heterocycles. The fourth-order valence-corrected chi connectivity index (χ4v) is 2.78. The third kappa shape index (κ3) is 2.80. The van der Waals surface area contributed by atoms with Crippen molar-refractivity contribution in [2.45, 2.75) is 49.8 Å². The molecule has 5 nitrogen and oxygen atoms in total. The van der Waals surface area contributed by atoms with Crippen LogP contribution in [0.2, 0.25) is 0 Å². The molecule has 0 aliphatic heterocycles. The number of nitrogens with zero attached hydrogens (tertiary/aromatic N) is 3. The number of aryl methyl sites for hydroxylation is 1. The van der Waals surface area contributed by atoms with Gasteiger partial charge in [0.2, 0.25) is 0 Å². The number of aromatic nitrogens is 3. The number of oxazole rings is 1. The maximum Gasteiger partial charge on any atom is 0.262 e. The van der Waals surface area contributed by atoms with Crippen LogP contribution in [0.3, 0.4) is 0 Å². The Morgan fingerprint density at radius 3 is 2.70 bits per heavy atom. The Bertz CT molecular complexity index is 622. The first-order valence-corrected chi connectivity index (χ1v) is 7.71. The van der Waals surface area contributed by atoms with Crippen LogP contribution in [-0.4, -0.2) is 21.5 Å². The minimum atomic E-state index is 0.527.